The Bertz CT molecular complexity index is 210. The molecule has 17 heavy (non-hydrogen) atoms. The van der Waals surface area contributed by atoms with E-state index in [1.807, 2.05) is 0 Å². The minimum atomic E-state index is -0.133. The van der Waals surface area contributed by atoms with E-state index in [4.69, 9.17) is 4.74 Å². The maximum Gasteiger partial charge on any atom is 0.0701 e. The number of ether oxygens (including phenoxy) is 1. The number of hydrogen-bond donors (Lipinski definition) is 1. The molecule has 3 heteroatoms. The Hall–Kier alpha value is -0.120. The van der Waals surface area contributed by atoms with Crippen LogP contribution in [-0.4, -0.2) is 49.0 Å². The third-order valence-corrected chi connectivity index (χ3v) is 4.23. The van der Waals surface area contributed by atoms with Gasteiger partial charge in [0.25, 0.3) is 0 Å². The highest BCUT2D eigenvalue weighted by atomic mass is 16.5. The van der Waals surface area contributed by atoms with Crippen LogP contribution in [0.15, 0.2) is 0 Å². The van der Waals surface area contributed by atoms with Crippen LogP contribution < -0.4 is 0 Å². The van der Waals surface area contributed by atoms with E-state index in [0.29, 0.717) is 12.0 Å². The van der Waals surface area contributed by atoms with Gasteiger partial charge in [0, 0.05) is 19.7 Å². The van der Waals surface area contributed by atoms with Gasteiger partial charge in [-0.05, 0) is 45.1 Å². The van der Waals surface area contributed by atoms with E-state index in [0.717, 1.165) is 19.7 Å². The molecule has 1 saturated heterocycles. The molecule has 0 bridgehead atoms. The number of likely N-dealkylation sites (N-methyl/N-ethyl adjacent to an activating group) is 1. The lowest BCUT2D eigenvalue weighted by Crippen LogP contribution is -2.39. The Balaban J connectivity index is 1.66. The first-order valence-electron chi connectivity index (χ1n) is 7.24. The van der Waals surface area contributed by atoms with Crippen molar-refractivity contribution in [3.05, 3.63) is 0 Å². The highest BCUT2D eigenvalue weighted by molar-refractivity contribution is 4.78. The topological polar surface area (TPSA) is 32.7 Å². The van der Waals surface area contributed by atoms with Crippen molar-refractivity contribution in [1.82, 2.24) is 4.90 Å². The van der Waals surface area contributed by atoms with E-state index in [1.165, 1.54) is 44.9 Å². The van der Waals surface area contributed by atoms with Crippen molar-refractivity contribution in [3.63, 3.8) is 0 Å². The molecule has 0 spiro atoms. The van der Waals surface area contributed by atoms with Gasteiger partial charge in [0.1, 0.15) is 0 Å². The molecule has 2 unspecified atom stereocenters. The van der Waals surface area contributed by atoms with Crippen LogP contribution in [-0.2, 0) is 4.74 Å². The Labute approximate surface area is 105 Å². The summed E-state index contributed by atoms with van der Waals surface area (Å²) in [6.45, 7) is 2.71. The number of hydrogen-bond acceptors (Lipinski definition) is 3. The fraction of sp³-hybridized carbons (Fsp3) is 1.00. The molecule has 2 rings (SSSR count). The van der Waals surface area contributed by atoms with E-state index in [2.05, 4.69) is 11.9 Å². The normalized spacial score (nSPS) is 28.8. The van der Waals surface area contributed by atoms with Crippen molar-refractivity contribution in [1.29, 1.82) is 0 Å². The summed E-state index contributed by atoms with van der Waals surface area (Å²) in [5.41, 5.74) is 0. The predicted molar refractivity (Wildman–Crippen MR) is 69.1 cm³/mol. The second-order valence-corrected chi connectivity index (χ2v) is 5.82. The summed E-state index contributed by atoms with van der Waals surface area (Å²) in [5, 5.41) is 10.2. The number of aliphatic hydroxyl groups is 1. The van der Waals surface area contributed by atoms with Crippen LogP contribution in [0.4, 0.5) is 0 Å². The Morgan fingerprint density at radius 2 is 1.88 bits per heavy atom. The van der Waals surface area contributed by atoms with Crippen LogP contribution in [0.2, 0.25) is 0 Å². The summed E-state index contributed by atoms with van der Waals surface area (Å²) >= 11 is 0. The molecule has 3 nitrogen and oxygen atoms in total. The first-order valence-corrected chi connectivity index (χ1v) is 7.24. The molecule has 0 aromatic heterocycles. The number of rotatable bonds is 5. The van der Waals surface area contributed by atoms with E-state index >= 15 is 0 Å². The van der Waals surface area contributed by atoms with Gasteiger partial charge in [0.05, 0.1) is 12.2 Å². The van der Waals surface area contributed by atoms with Crippen LogP contribution >= 0.6 is 0 Å². The average molecular weight is 241 g/mol. The third-order valence-electron chi connectivity index (χ3n) is 4.23. The van der Waals surface area contributed by atoms with E-state index in [1.54, 1.807) is 0 Å². The lowest BCUT2D eigenvalue weighted by molar-refractivity contribution is -0.0121. The molecule has 0 radical (unpaired) electrons. The van der Waals surface area contributed by atoms with Gasteiger partial charge in [-0.2, -0.15) is 0 Å². The van der Waals surface area contributed by atoms with Crippen LogP contribution in [0.1, 0.15) is 44.9 Å². The molecule has 2 fully saturated rings. The van der Waals surface area contributed by atoms with Crippen molar-refractivity contribution in [2.45, 2.75) is 57.2 Å². The van der Waals surface area contributed by atoms with Gasteiger partial charge in [0.2, 0.25) is 0 Å². The van der Waals surface area contributed by atoms with E-state index in [-0.39, 0.29) is 6.10 Å². The molecule has 0 aromatic rings. The summed E-state index contributed by atoms with van der Waals surface area (Å²) in [6, 6.07) is 0. The molecule has 1 heterocycles. The van der Waals surface area contributed by atoms with Crippen molar-refractivity contribution in [2.75, 3.05) is 26.7 Å². The van der Waals surface area contributed by atoms with Crippen molar-refractivity contribution in [2.24, 2.45) is 5.92 Å². The van der Waals surface area contributed by atoms with Crippen molar-refractivity contribution >= 4 is 0 Å². The molecule has 2 aliphatic rings. The molecule has 1 N–H and O–H groups in total. The summed E-state index contributed by atoms with van der Waals surface area (Å²) in [7, 11) is 2.11. The van der Waals surface area contributed by atoms with Gasteiger partial charge in [-0.15, -0.1) is 0 Å². The quantitative estimate of drug-likeness (QED) is 0.799. The molecule has 1 aliphatic carbocycles. The standard InChI is InChI=1S/C14H27NO2/c1-15(10-13-8-4-5-9-17-13)11-14(16)12-6-2-3-7-12/h12-14,16H,2-11H2,1H3. The lowest BCUT2D eigenvalue weighted by atomic mass is 10.0. The van der Waals surface area contributed by atoms with Crippen LogP contribution in [0.3, 0.4) is 0 Å². The summed E-state index contributed by atoms with van der Waals surface area (Å²) < 4.78 is 5.73. The molecule has 2 atom stereocenters. The van der Waals surface area contributed by atoms with Gasteiger partial charge >= 0.3 is 0 Å². The van der Waals surface area contributed by atoms with Gasteiger partial charge in [0.15, 0.2) is 0 Å². The largest absolute Gasteiger partial charge is 0.392 e. The van der Waals surface area contributed by atoms with Crippen molar-refractivity contribution in [3.8, 4) is 0 Å². The molecule has 100 valence electrons. The Morgan fingerprint density at radius 1 is 1.18 bits per heavy atom. The molecular formula is C14H27NO2. The molecule has 1 saturated carbocycles. The van der Waals surface area contributed by atoms with Crippen molar-refractivity contribution < 1.29 is 9.84 Å². The maximum absolute atomic E-state index is 10.2. The molecule has 0 amide bonds. The monoisotopic (exact) mass is 241 g/mol. The summed E-state index contributed by atoms with van der Waals surface area (Å²) in [5.74, 6) is 0.546. The zero-order chi connectivity index (χ0) is 12.1. The fourth-order valence-electron chi connectivity index (χ4n) is 3.18. The number of aliphatic hydroxyl groups excluding tert-OH is 1. The first kappa shape index (κ1) is 13.3. The molecule has 0 aromatic carbocycles. The molecule has 1 aliphatic heterocycles. The second-order valence-electron chi connectivity index (χ2n) is 5.82. The highest BCUT2D eigenvalue weighted by Gasteiger charge is 2.25. The SMILES string of the molecule is CN(CC1CCCCO1)CC(O)C1CCCC1. The lowest BCUT2D eigenvalue weighted by Gasteiger charge is -2.29. The zero-order valence-corrected chi connectivity index (χ0v) is 11.1. The van der Waals surface area contributed by atoms with Gasteiger partial charge in [-0.3, -0.25) is 0 Å². The smallest absolute Gasteiger partial charge is 0.0701 e. The fourth-order valence-corrected chi connectivity index (χ4v) is 3.18. The highest BCUT2D eigenvalue weighted by Crippen LogP contribution is 2.28. The summed E-state index contributed by atoms with van der Waals surface area (Å²) in [6.07, 6.45) is 8.99. The maximum atomic E-state index is 10.2. The minimum Gasteiger partial charge on any atom is -0.392 e. The Kier molecular flexibility index (Phi) is 5.26. The van der Waals surface area contributed by atoms with E-state index in [9.17, 15) is 5.11 Å². The average Bonchev–Trinajstić information content (AvgIpc) is 2.83. The zero-order valence-electron chi connectivity index (χ0n) is 11.1. The second kappa shape index (κ2) is 6.72. The Morgan fingerprint density at radius 3 is 2.53 bits per heavy atom. The number of nitrogens with zero attached hydrogens (tertiary/aromatic N) is 1. The molecular weight excluding hydrogens is 214 g/mol. The van der Waals surface area contributed by atoms with Gasteiger partial charge < -0.3 is 14.7 Å². The third kappa shape index (κ3) is 4.23. The van der Waals surface area contributed by atoms with Crippen LogP contribution in [0.5, 0.6) is 0 Å². The van der Waals surface area contributed by atoms with Crippen LogP contribution in [0.25, 0.3) is 0 Å². The first-order chi connectivity index (χ1) is 8.25. The minimum absolute atomic E-state index is 0.133. The van der Waals surface area contributed by atoms with Crippen LogP contribution in [0, 0.1) is 5.92 Å². The van der Waals surface area contributed by atoms with E-state index < -0.39 is 0 Å². The van der Waals surface area contributed by atoms with Gasteiger partial charge in [-0.1, -0.05) is 12.8 Å². The van der Waals surface area contributed by atoms with Gasteiger partial charge in [-0.25, -0.2) is 0 Å². The predicted octanol–water partition coefficient (Wildman–Crippen LogP) is 2.04. The summed E-state index contributed by atoms with van der Waals surface area (Å²) in [4.78, 5) is 2.25.